The molecule has 4 nitrogen and oxygen atoms in total. The van der Waals surface area contributed by atoms with Gasteiger partial charge in [-0.1, -0.05) is 6.92 Å². The summed E-state index contributed by atoms with van der Waals surface area (Å²) in [7, 11) is 2.07. The van der Waals surface area contributed by atoms with Gasteiger partial charge in [0, 0.05) is 36.8 Å². The van der Waals surface area contributed by atoms with Gasteiger partial charge in [-0.25, -0.2) is 0 Å². The Labute approximate surface area is 116 Å². The van der Waals surface area contributed by atoms with Gasteiger partial charge in [-0.2, -0.15) is 11.8 Å². The smallest absolute Gasteiger partial charge is 0.221 e. The Morgan fingerprint density at radius 1 is 1.39 bits per heavy atom. The molecule has 0 aromatic heterocycles. The standard InChI is InChI=1S/C13H29N3OS/c1-6-11(9-18-5)16(4)12(8-14)7-13(17)15-10(2)3/h10-12H,6-9,14H2,1-5H3,(H,15,17). The van der Waals surface area contributed by atoms with Crippen LogP contribution in [0.5, 0.6) is 0 Å². The van der Waals surface area contributed by atoms with E-state index in [1.807, 2.05) is 25.6 Å². The van der Waals surface area contributed by atoms with Gasteiger partial charge in [-0.15, -0.1) is 0 Å². The number of nitrogens with two attached hydrogens (primary N) is 1. The summed E-state index contributed by atoms with van der Waals surface area (Å²) in [6, 6.07) is 0.802. The number of carbonyl (C=O) groups excluding carboxylic acids is 1. The fourth-order valence-corrected chi connectivity index (χ4v) is 2.86. The second-order valence-corrected chi connectivity index (χ2v) is 5.91. The third-order valence-electron chi connectivity index (χ3n) is 3.12. The van der Waals surface area contributed by atoms with Crippen molar-refractivity contribution in [3.8, 4) is 0 Å². The molecule has 0 heterocycles. The van der Waals surface area contributed by atoms with Crippen molar-refractivity contribution in [3.05, 3.63) is 0 Å². The van der Waals surface area contributed by atoms with E-state index in [0.717, 1.165) is 12.2 Å². The molecule has 0 bridgehead atoms. The van der Waals surface area contributed by atoms with Crippen molar-refractivity contribution < 1.29 is 4.79 Å². The predicted octanol–water partition coefficient (Wildman–Crippen LogP) is 1.30. The quantitative estimate of drug-likeness (QED) is 0.666. The van der Waals surface area contributed by atoms with Gasteiger partial charge in [0.25, 0.3) is 0 Å². The van der Waals surface area contributed by atoms with Gasteiger partial charge in [0.05, 0.1) is 0 Å². The number of nitrogens with zero attached hydrogens (tertiary/aromatic N) is 1. The Morgan fingerprint density at radius 2 is 2.00 bits per heavy atom. The third-order valence-corrected chi connectivity index (χ3v) is 3.84. The van der Waals surface area contributed by atoms with Crippen molar-refractivity contribution in [1.29, 1.82) is 0 Å². The molecule has 0 aliphatic carbocycles. The molecule has 0 saturated carbocycles. The summed E-state index contributed by atoms with van der Waals surface area (Å²) in [5.41, 5.74) is 5.81. The minimum atomic E-state index is 0.0892. The number of hydrogen-bond donors (Lipinski definition) is 2. The topological polar surface area (TPSA) is 58.4 Å². The molecule has 2 unspecified atom stereocenters. The summed E-state index contributed by atoms with van der Waals surface area (Å²) in [5.74, 6) is 1.17. The van der Waals surface area contributed by atoms with Crippen LogP contribution in [-0.2, 0) is 4.79 Å². The van der Waals surface area contributed by atoms with Gasteiger partial charge in [0.1, 0.15) is 0 Å². The van der Waals surface area contributed by atoms with Crippen LogP contribution in [0.2, 0.25) is 0 Å². The zero-order valence-electron chi connectivity index (χ0n) is 12.4. The van der Waals surface area contributed by atoms with Crippen molar-refractivity contribution in [3.63, 3.8) is 0 Å². The molecule has 0 aliphatic heterocycles. The first kappa shape index (κ1) is 17.7. The fraction of sp³-hybridized carbons (Fsp3) is 0.923. The van der Waals surface area contributed by atoms with Crippen LogP contribution in [0.4, 0.5) is 0 Å². The van der Waals surface area contributed by atoms with Crippen LogP contribution in [0.3, 0.4) is 0 Å². The van der Waals surface area contributed by atoms with Crippen LogP contribution in [0.25, 0.3) is 0 Å². The second kappa shape index (κ2) is 9.64. The van der Waals surface area contributed by atoms with E-state index in [1.54, 1.807) is 0 Å². The highest BCUT2D eigenvalue weighted by Gasteiger charge is 2.22. The molecule has 0 aromatic carbocycles. The highest BCUT2D eigenvalue weighted by molar-refractivity contribution is 7.98. The molecule has 0 saturated heterocycles. The molecular weight excluding hydrogens is 246 g/mol. The zero-order valence-corrected chi connectivity index (χ0v) is 13.2. The van der Waals surface area contributed by atoms with Crippen molar-refractivity contribution in [2.75, 3.05) is 25.6 Å². The van der Waals surface area contributed by atoms with Gasteiger partial charge in [0.2, 0.25) is 5.91 Å². The monoisotopic (exact) mass is 275 g/mol. The molecule has 5 heteroatoms. The highest BCUT2D eigenvalue weighted by Crippen LogP contribution is 2.13. The minimum Gasteiger partial charge on any atom is -0.354 e. The van der Waals surface area contributed by atoms with E-state index in [1.165, 1.54) is 0 Å². The van der Waals surface area contributed by atoms with E-state index >= 15 is 0 Å². The number of amides is 1. The first-order valence-electron chi connectivity index (χ1n) is 6.66. The molecule has 0 radical (unpaired) electrons. The Hall–Kier alpha value is -0.260. The SMILES string of the molecule is CCC(CSC)N(C)C(CN)CC(=O)NC(C)C. The molecule has 0 aromatic rings. The molecule has 108 valence electrons. The number of carbonyl (C=O) groups is 1. The van der Waals surface area contributed by atoms with Crippen LogP contribution in [0, 0.1) is 0 Å². The largest absolute Gasteiger partial charge is 0.354 e. The molecule has 1 amide bonds. The van der Waals surface area contributed by atoms with Gasteiger partial charge in [-0.3, -0.25) is 9.69 Å². The van der Waals surface area contributed by atoms with Crippen LogP contribution in [0.1, 0.15) is 33.6 Å². The molecule has 0 aliphatic rings. The Bertz CT molecular complexity index is 236. The summed E-state index contributed by atoms with van der Waals surface area (Å²) in [5, 5.41) is 2.92. The lowest BCUT2D eigenvalue weighted by Crippen LogP contribution is -2.48. The van der Waals surface area contributed by atoms with Gasteiger partial charge in [-0.05, 0) is 33.6 Å². The summed E-state index contributed by atoms with van der Waals surface area (Å²) in [4.78, 5) is 14.1. The number of likely N-dealkylation sites (N-methyl/N-ethyl adjacent to an activating group) is 1. The fourth-order valence-electron chi connectivity index (χ4n) is 2.00. The normalized spacial score (nSPS) is 14.9. The predicted molar refractivity (Wildman–Crippen MR) is 81.0 cm³/mol. The average Bonchev–Trinajstić information content (AvgIpc) is 2.31. The number of nitrogens with one attached hydrogen (secondary N) is 1. The minimum absolute atomic E-state index is 0.0892. The Kier molecular flexibility index (Phi) is 9.50. The van der Waals surface area contributed by atoms with Crippen molar-refractivity contribution in [2.24, 2.45) is 5.73 Å². The van der Waals surface area contributed by atoms with Crippen molar-refractivity contribution in [2.45, 2.75) is 51.7 Å². The molecule has 18 heavy (non-hydrogen) atoms. The number of hydrogen-bond acceptors (Lipinski definition) is 4. The van der Waals surface area contributed by atoms with E-state index in [-0.39, 0.29) is 18.0 Å². The zero-order chi connectivity index (χ0) is 14.1. The van der Waals surface area contributed by atoms with E-state index in [0.29, 0.717) is 19.0 Å². The molecule has 2 atom stereocenters. The average molecular weight is 275 g/mol. The van der Waals surface area contributed by atoms with Crippen LogP contribution < -0.4 is 11.1 Å². The number of thioether (sulfide) groups is 1. The molecule has 0 rings (SSSR count). The first-order valence-corrected chi connectivity index (χ1v) is 8.05. The second-order valence-electron chi connectivity index (χ2n) is 5.00. The maximum absolute atomic E-state index is 11.8. The Morgan fingerprint density at radius 3 is 2.39 bits per heavy atom. The molecule has 3 N–H and O–H groups in total. The lowest BCUT2D eigenvalue weighted by atomic mass is 10.1. The molecule has 0 spiro atoms. The highest BCUT2D eigenvalue weighted by atomic mass is 32.2. The third kappa shape index (κ3) is 6.61. The number of rotatable bonds is 9. The molecular formula is C13H29N3OS. The van der Waals surface area contributed by atoms with Crippen molar-refractivity contribution >= 4 is 17.7 Å². The van der Waals surface area contributed by atoms with Crippen molar-refractivity contribution in [1.82, 2.24) is 10.2 Å². The van der Waals surface area contributed by atoms with Crippen LogP contribution >= 0.6 is 11.8 Å². The van der Waals surface area contributed by atoms with E-state index < -0.39 is 0 Å². The van der Waals surface area contributed by atoms with Crippen LogP contribution in [0.15, 0.2) is 0 Å². The van der Waals surface area contributed by atoms with Gasteiger partial charge < -0.3 is 11.1 Å². The van der Waals surface area contributed by atoms with E-state index in [2.05, 4.69) is 30.4 Å². The summed E-state index contributed by atoms with van der Waals surface area (Å²) in [6.07, 6.45) is 3.68. The van der Waals surface area contributed by atoms with Gasteiger partial charge in [0.15, 0.2) is 0 Å². The maximum Gasteiger partial charge on any atom is 0.221 e. The molecule has 0 fully saturated rings. The van der Waals surface area contributed by atoms with E-state index in [9.17, 15) is 4.79 Å². The lowest BCUT2D eigenvalue weighted by Gasteiger charge is -2.33. The Balaban J connectivity index is 4.41. The first-order chi connectivity index (χ1) is 8.46. The van der Waals surface area contributed by atoms with Gasteiger partial charge >= 0.3 is 0 Å². The summed E-state index contributed by atoms with van der Waals surface area (Å²) >= 11 is 1.84. The summed E-state index contributed by atoms with van der Waals surface area (Å²) in [6.45, 7) is 6.65. The maximum atomic E-state index is 11.8. The summed E-state index contributed by atoms with van der Waals surface area (Å²) < 4.78 is 0. The van der Waals surface area contributed by atoms with E-state index in [4.69, 9.17) is 5.73 Å². The lowest BCUT2D eigenvalue weighted by molar-refractivity contribution is -0.122. The van der Waals surface area contributed by atoms with Crippen LogP contribution in [-0.4, -0.2) is 54.5 Å².